The van der Waals surface area contributed by atoms with Crippen LogP contribution in [-0.4, -0.2) is 98.4 Å². The van der Waals surface area contributed by atoms with Gasteiger partial charge in [-0.2, -0.15) is 0 Å². The number of nitrogens with zero attached hydrogens (tertiary/aromatic N) is 4. The Morgan fingerprint density at radius 1 is 0.969 bits per heavy atom. The Bertz CT molecular complexity index is 700. The first-order valence-electron chi connectivity index (χ1n) is 12.5. The molecular weight excluding hydrogens is 404 g/mol. The van der Waals surface area contributed by atoms with Crippen LogP contribution >= 0.6 is 0 Å². The fourth-order valence-corrected chi connectivity index (χ4v) is 5.68. The Morgan fingerprint density at radius 3 is 2.31 bits per heavy atom. The molecule has 8 nitrogen and oxygen atoms in total. The van der Waals surface area contributed by atoms with E-state index < -0.39 is 0 Å². The lowest BCUT2D eigenvalue weighted by atomic mass is 9.85. The van der Waals surface area contributed by atoms with E-state index in [1.807, 2.05) is 0 Å². The Labute approximate surface area is 192 Å². The van der Waals surface area contributed by atoms with Gasteiger partial charge in [0, 0.05) is 52.4 Å². The van der Waals surface area contributed by atoms with Gasteiger partial charge in [-0.05, 0) is 58.0 Å². The van der Waals surface area contributed by atoms with E-state index in [-0.39, 0.29) is 35.5 Å². The molecule has 2 heterocycles. The summed E-state index contributed by atoms with van der Waals surface area (Å²) in [5.74, 6) is 1.30. The number of unbranched alkanes of at least 4 members (excludes halogenated alkanes) is 1. The third kappa shape index (κ3) is 5.17. The highest BCUT2D eigenvalue weighted by Crippen LogP contribution is 2.52. The van der Waals surface area contributed by atoms with E-state index in [1.54, 1.807) is 0 Å². The van der Waals surface area contributed by atoms with Crippen molar-refractivity contribution in [2.24, 2.45) is 28.7 Å². The molecule has 2 bridgehead atoms. The maximum Gasteiger partial charge on any atom is 0.233 e. The Balaban J connectivity index is 1.13. The number of guanidine groups is 1. The molecule has 32 heavy (non-hydrogen) atoms. The second kappa shape index (κ2) is 10.8. The summed E-state index contributed by atoms with van der Waals surface area (Å²) in [5, 5.41) is 6.71. The molecule has 0 aromatic carbocycles. The maximum atomic E-state index is 12.8. The third-order valence-electron chi connectivity index (χ3n) is 7.51. The van der Waals surface area contributed by atoms with E-state index in [2.05, 4.69) is 51.5 Å². The molecule has 2 amide bonds. The number of fused-ring (bicyclic) bond motifs is 5. The number of allylic oxidation sites excluding steroid dienone is 2. The van der Waals surface area contributed by atoms with Gasteiger partial charge in [-0.25, -0.2) is 0 Å². The zero-order valence-corrected chi connectivity index (χ0v) is 19.8. The molecule has 4 atom stereocenters. The molecule has 0 radical (unpaired) electrons. The van der Waals surface area contributed by atoms with Crippen LogP contribution in [-0.2, 0) is 9.59 Å². The zero-order valence-electron chi connectivity index (χ0n) is 19.8. The van der Waals surface area contributed by atoms with Crippen LogP contribution in [0.4, 0.5) is 0 Å². The molecule has 2 saturated heterocycles. The molecule has 4 aliphatic rings. The lowest BCUT2D eigenvalue weighted by Crippen LogP contribution is -2.44. The van der Waals surface area contributed by atoms with E-state index in [1.165, 1.54) is 44.0 Å². The second-order valence-electron chi connectivity index (χ2n) is 9.72. The highest BCUT2D eigenvalue weighted by atomic mass is 16.2. The lowest BCUT2D eigenvalue weighted by molar-refractivity contribution is -0.140. The number of nitrogens with one attached hydrogen (secondary N) is 2. The SMILES string of the molecule is CCNC(=NCCCN1C(=O)C2C3C=CC(C3)C2C1=O)NCCCCN1CCN(C)CC1. The number of rotatable bonds is 10. The Hall–Kier alpha value is -1.93. The Kier molecular flexibility index (Phi) is 7.84. The predicted octanol–water partition coefficient (Wildman–Crippen LogP) is 0.766. The summed E-state index contributed by atoms with van der Waals surface area (Å²) in [5.41, 5.74) is 0. The minimum atomic E-state index is -0.0918. The van der Waals surface area contributed by atoms with Gasteiger partial charge in [0.15, 0.2) is 5.96 Å². The van der Waals surface area contributed by atoms with Crippen molar-refractivity contribution in [1.82, 2.24) is 25.3 Å². The van der Waals surface area contributed by atoms with Crippen molar-refractivity contribution in [3.05, 3.63) is 12.2 Å². The molecule has 4 unspecified atom stereocenters. The first kappa shape index (κ1) is 23.2. The van der Waals surface area contributed by atoms with Crippen LogP contribution in [0.3, 0.4) is 0 Å². The van der Waals surface area contributed by atoms with Gasteiger partial charge in [-0.3, -0.25) is 19.5 Å². The first-order valence-corrected chi connectivity index (χ1v) is 12.5. The molecule has 2 aliphatic heterocycles. The molecule has 2 N–H and O–H groups in total. The molecule has 8 heteroatoms. The number of carbonyl (C=O) groups is 2. The molecule has 0 spiro atoms. The van der Waals surface area contributed by atoms with E-state index in [9.17, 15) is 9.59 Å². The van der Waals surface area contributed by atoms with Gasteiger partial charge in [0.25, 0.3) is 0 Å². The largest absolute Gasteiger partial charge is 0.357 e. The molecule has 0 aromatic rings. The minimum absolute atomic E-state index is 0.0474. The predicted molar refractivity (Wildman–Crippen MR) is 126 cm³/mol. The van der Waals surface area contributed by atoms with Gasteiger partial charge < -0.3 is 20.4 Å². The molecule has 2 aliphatic carbocycles. The first-order chi connectivity index (χ1) is 15.6. The van der Waals surface area contributed by atoms with Crippen molar-refractivity contribution < 1.29 is 9.59 Å². The average Bonchev–Trinajstić information content (AvgIpc) is 3.47. The number of piperazine rings is 1. The molecule has 1 saturated carbocycles. The molecular formula is C24H40N6O2. The standard InChI is InChI=1S/C24H40N6O2/c1-3-25-24(26-9-4-5-11-29-15-13-28(2)14-16-29)27-10-6-12-30-22(31)20-18-7-8-19(17-18)21(20)23(30)32/h7-8,18-21H,3-6,9-17H2,1-2H3,(H2,25,26,27). The van der Waals surface area contributed by atoms with E-state index in [4.69, 9.17) is 0 Å². The van der Waals surface area contributed by atoms with Crippen LogP contribution < -0.4 is 10.6 Å². The maximum absolute atomic E-state index is 12.8. The number of likely N-dealkylation sites (N-methyl/N-ethyl adjacent to an activating group) is 1. The van der Waals surface area contributed by atoms with Gasteiger partial charge in [0.2, 0.25) is 11.8 Å². The topological polar surface area (TPSA) is 80.3 Å². The van der Waals surface area contributed by atoms with Crippen LogP contribution in [0.5, 0.6) is 0 Å². The highest BCUT2D eigenvalue weighted by Gasteiger charge is 2.58. The van der Waals surface area contributed by atoms with Crippen molar-refractivity contribution in [1.29, 1.82) is 0 Å². The number of carbonyl (C=O) groups excluding carboxylic acids is 2. The summed E-state index contributed by atoms with van der Waals surface area (Å²) in [4.78, 5) is 36.6. The fraction of sp³-hybridized carbons (Fsp3) is 0.792. The normalized spacial score (nSPS) is 30.4. The quantitative estimate of drug-likeness (QED) is 0.170. The van der Waals surface area contributed by atoms with Crippen molar-refractivity contribution in [2.45, 2.75) is 32.6 Å². The van der Waals surface area contributed by atoms with E-state index in [0.29, 0.717) is 19.5 Å². The van der Waals surface area contributed by atoms with Crippen LogP contribution in [0.1, 0.15) is 32.6 Å². The summed E-state index contributed by atoms with van der Waals surface area (Å²) in [7, 11) is 2.19. The molecule has 178 valence electrons. The number of likely N-dealkylation sites (tertiary alicyclic amines) is 1. The number of hydrogen-bond donors (Lipinski definition) is 2. The highest BCUT2D eigenvalue weighted by molar-refractivity contribution is 6.06. The smallest absolute Gasteiger partial charge is 0.233 e. The Morgan fingerprint density at radius 2 is 1.66 bits per heavy atom. The third-order valence-corrected chi connectivity index (χ3v) is 7.51. The number of hydrogen-bond acceptors (Lipinski definition) is 5. The molecule has 0 aromatic heterocycles. The van der Waals surface area contributed by atoms with Crippen molar-refractivity contribution in [3.63, 3.8) is 0 Å². The summed E-state index contributed by atoms with van der Waals surface area (Å²) < 4.78 is 0. The van der Waals surface area contributed by atoms with Gasteiger partial charge in [0.05, 0.1) is 11.8 Å². The molecule has 3 fully saturated rings. The number of aliphatic imine (C=N–C) groups is 1. The van der Waals surface area contributed by atoms with Crippen molar-refractivity contribution in [2.75, 3.05) is 66.0 Å². The van der Waals surface area contributed by atoms with Gasteiger partial charge in [-0.1, -0.05) is 12.2 Å². The van der Waals surface area contributed by atoms with E-state index >= 15 is 0 Å². The van der Waals surface area contributed by atoms with Crippen molar-refractivity contribution in [3.8, 4) is 0 Å². The zero-order chi connectivity index (χ0) is 22.5. The van der Waals surface area contributed by atoms with Gasteiger partial charge >= 0.3 is 0 Å². The number of imide groups is 1. The van der Waals surface area contributed by atoms with Gasteiger partial charge in [-0.15, -0.1) is 0 Å². The van der Waals surface area contributed by atoms with Crippen LogP contribution in [0, 0.1) is 23.7 Å². The fourth-order valence-electron chi connectivity index (χ4n) is 5.68. The summed E-state index contributed by atoms with van der Waals surface area (Å²) >= 11 is 0. The second-order valence-corrected chi connectivity index (χ2v) is 9.72. The van der Waals surface area contributed by atoms with Crippen molar-refractivity contribution >= 4 is 17.8 Å². The van der Waals surface area contributed by atoms with Crippen LogP contribution in [0.15, 0.2) is 17.1 Å². The lowest BCUT2D eigenvalue weighted by Gasteiger charge is -2.32. The minimum Gasteiger partial charge on any atom is -0.357 e. The summed E-state index contributed by atoms with van der Waals surface area (Å²) in [6.45, 7) is 10.7. The van der Waals surface area contributed by atoms with Crippen LogP contribution in [0.25, 0.3) is 0 Å². The number of amides is 2. The van der Waals surface area contributed by atoms with E-state index in [0.717, 1.165) is 31.9 Å². The van der Waals surface area contributed by atoms with Gasteiger partial charge in [0.1, 0.15) is 0 Å². The molecule has 4 rings (SSSR count). The summed E-state index contributed by atoms with van der Waals surface area (Å²) in [6.07, 6.45) is 8.29. The summed E-state index contributed by atoms with van der Waals surface area (Å²) in [6, 6.07) is 0. The average molecular weight is 445 g/mol. The van der Waals surface area contributed by atoms with Crippen LogP contribution in [0.2, 0.25) is 0 Å². The monoisotopic (exact) mass is 444 g/mol.